The monoisotopic (exact) mass is 511 g/mol. The van der Waals surface area contributed by atoms with Crippen LogP contribution in [0.25, 0.3) is 0 Å². The van der Waals surface area contributed by atoms with Crippen LogP contribution in [0.15, 0.2) is 24.3 Å². The number of likely N-dealkylation sites (tertiary alicyclic amines) is 1. The van der Waals surface area contributed by atoms with Crippen LogP contribution in [0.2, 0.25) is 0 Å². The first kappa shape index (κ1) is 22.4. The minimum atomic E-state index is -0.719. The molecule has 31 heavy (non-hydrogen) atoms. The van der Waals surface area contributed by atoms with E-state index >= 15 is 0 Å². The van der Waals surface area contributed by atoms with Crippen LogP contribution in [0.4, 0.5) is 5.69 Å². The summed E-state index contributed by atoms with van der Waals surface area (Å²) in [7, 11) is 3.15. The Labute approximate surface area is 193 Å². The lowest BCUT2D eigenvalue weighted by Crippen LogP contribution is -2.53. The smallest absolute Gasteiger partial charge is 0.248 e. The number of rotatable bonds is 7. The van der Waals surface area contributed by atoms with E-state index in [1.165, 1.54) is 0 Å². The van der Waals surface area contributed by atoms with E-state index in [4.69, 9.17) is 4.74 Å². The molecule has 168 valence electrons. The first-order valence-corrected chi connectivity index (χ1v) is 12.1. The summed E-state index contributed by atoms with van der Waals surface area (Å²) >= 11 is 5.29. The van der Waals surface area contributed by atoms with Crippen molar-refractivity contribution in [3.8, 4) is 5.75 Å². The third kappa shape index (κ3) is 3.52. The fourth-order valence-electron chi connectivity index (χ4n) is 5.26. The number of hydrogen-bond acceptors (Lipinski definition) is 6. The average molecular weight is 512 g/mol. The van der Waals surface area contributed by atoms with Crippen molar-refractivity contribution in [1.82, 2.24) is 10.2 Å². The van der Waals surface area contributed by atoms with Crippen LogP contribution in [0.5, 0.6) is 5.75 Å². The number of ether oxygens (including phenoxy) is 1. The highest BCUT2D eigenvalue weighted by atomic mass is 79.9. The van der Waals surface area contributed by atoms with E-state index in [1.54, 1.807) is 55.1 Å². The maximum Gasteiger partial charge on any atom is 0.248 e. The SMILES string of the molecule is CNC(=O)[C@H]1[C@@H]2SC3(CC2Br)C(C(=O)Nc2ccc(OC)cc2)N(CCCO)C(=O)[C@H]13. The molecule has 3 heterocycles. The van der Waals surface area contributed by atoms with Gasteiger partial charge < -0.3 is 25.4 Å². The molecule has 1 aromatic carbocycles. The Balaban J connectivity index is 1.68. The first-order chi connectivity index (χ1) is 14.9. The van der Waals surface area contributed by atoms with E-state index in [9.17, 15) is 19.5 Å². The van der Waals surface area contributed by atoms with Crippen LogP contribution in [0, 0.1) is 11.8 Å². The Morgan fingerprint density at radius 3 is 2.65 bits per heavy atom. The van der Waals surface area contributed by atoms with Crippen molar-refractivity contribution in [3.63, 3.8) is 0 Å². The molecule has 3 aliphatic heterocycles. The number of anilines is 1. The predicted octanol–water partition coefficient (Wildman–Crippen LogP) is 1.23. The van der Waals surface area contributed by atoms with E-state index in [-0.39, 0.29) is 41.0 Å². The second kappa shape index (κ2) is 8.63. The lowest BCUT2D eigenvalue weighted by atomic mass is 9.70. The maximum atomic E-state index is 13.5. The Hall–Kier alpha value is -1.78. The lowest BCUT2D eigenvalue weighted by molar-refractivity contribution is -0.139. The third-order valence-electron chi connectivity index (χ3n) is 6.50. The van der Waals surface area contributed by atoms with Gasteiger partial charge in [0, 0.05) is 36.0 Å². The highest BCUT2D eigenvalue weighted by Crippen LogP contribution is 2.67. The maximum absolute atomic E-state index is 13.5. The number of halogens is 1. The van der Waals surface area contributed by atoms with Gasteiger partial charge in [0.1, 0.15) is 11.8 Å². The summed E-state index contributed by atoms with van der Waals surface area (Å²) in [5, 5.41) is 14.9. The molecule has 1 spiro atoms. The predicted molar refractivity (Wildman–Crippen MR) is 121 cm³/mol. The largest absolute Gasteiger partial charge is 0.497 e. The summed E-state index contributed by atoms with van der Waals surface area (Å²) in [6, 6.07) is 6.29. The quantitative estimate of drug-likeness (QED) is 0.475. The molecule has 8 nitrogen and oxygen atoms in total. The molecule has 3 aliphatic rings. The number of alkyl halides is 1. The molecule has 3 amide bonds. The minimum absolute atomic E-state index is 0.0397. The number of benzene rings is 1. The fraction of sp³-hybridized carbons (Fsp3) is 0.571. The zero-order chi connectivity index (χ0) is 22.3. The molecular formula is C21H26BrN3O5S. The van der Waals surface area contributed by atoms with Gasteiger partial charge in [0.15, 0.2) is 0 Å². The van der Waals surface area contributed by atoms with Crippen LogP contribution in [0.3, 0.4) is 0 Å². The summed E-state index contributed by atoms with van der Waals surface area (Å²) in [5.41, 5.74) is 0.607. The summed E-state index contributed by atoms with van der Waals surface area (Å²) in [5.74, 6) is -0.980. The zero-order valence-electron chi connectivity index (χ0n) is 17.3. The number of carbonyl (C=O) groups is 3. The van der Waals surface area contributed by atoms with Gasteiger partial charge in [-0.3, -0.25) is 14.4 Å². The van der Waals surface area contributed by atoms with Crippen LogP contribution in [-0.4, -0.2) is 75.9 Å². The second-order valence-corrected chi connectivity index (χ2v) is 10.8. The van der Waals surface area contributed by atoms with Crippen molar-refractivity contribution in [2.45, 2.75) is 33.7 Å². The number of methoxy groups -OCH3 is 1. The molecule has 4 rings (SSSR count). The van der Waals surface area contributed by atoms with E-state index < -0.39 is 22.6 Å². The number of thioether (sulfide) groups is 1. The van der Waals surface area contributed by atoms with Crippen molar-refractivity contribution in [2.75, 3.05) is 32.6 Å². The van der Waals surface area contributed by atoms with Crippen molar-refractivity contribution in [1.29, 1.82) is 0 Å². The molecule has 10 heteroatoms. The molecule has 3 fully saturated rings. The highest BCUT2D eigenvalue weighted by Gasteiger charge is 2.75. The molecule has 3 saturated heterocycles. The van der Waals surface area contributed by atoms with Crippen LogP contribution in [-0.2, 0) is 14.4 Å². The molecule has 3 unspecified atom stereocenters. The first-order valence-electron chi connectivity index (χ1n) is 10.3. The number of amides is 3. The molecule has 3 N–H and O–H groups in total. The topological polar surface area (TPSA) is 108 Å². The van der Waals surface area contributed by atoms with E-state index in [0.29, 0.717) is 24.3 Å². The molecule has 0 aromatic heterocycles. The molecule has 1 aromatic rings. The van der Waals surface area contributed by atoms with Gasteiger partial charge >= 0.3 is 0 Å². The Kier molecular flexibility index (Phi) is 6.24. The minimum Gasteiger partial charge on any atom is -0.497 e. The normalized spacial score (nSPS) is 33.4. The van der Waals surface area contributed by atoms with Gasteiger partial charge in [-0.05, 0) is 37.1 Å². The van der Waals surface area contributed by atoms with Crippen LogP contribution < -0.4 is 15.4 Å². The Morgan fingerprint density at radius 1 is 1.32 bits per heavy atom. The van der Waals surface area contributed by atoms with Crippen molar-refractivity contribution >= 4 is 51.1 Å². The van der Waals surface area contributed by atoms with Crippen molar-refractivity contribution < 1.29 is 24.2 Å². The van der Waals surface area contributed by atoms with Gasteiger partial charge in [-0.1, -0.05) is 15.9 Å². The zero-order valence-corrected chi connectivity index (χ0v) is 19.7. The number of nitrogens with one attached hydrogen (secondary N) is 2. The van der Waals surface area contributed by atoms with Gasteiger partial charge in [0.2, 0.25) is 17.7 Å². The molecule has 0 radical (unpaired) electrons. The Bertz CT molecular complexity index is 884. The van der Waals surface area contributed by atoms with E-state index in [1.807, 2.05) is 0 Å². The number of carbonyl (C=O) groups excluding carboxylic acids is 3. The molecular weight excluding hydrogens is 486 g/mol. The van der Waals surface area contributed by atoms with Gasteiger partial charge in [-0.25, -0.2) is 0 Å². The number of aliphatic hydroxyl groups is 1. The number of aliphatic hydroxyl groups excluding tert-OH is 1. The molecule has 0 saturated carbocycles. The van der Waals surface area contributed by atoms with Gasteiger partial charge in [0.05, 0.1) is 23.7 Å². The Morgan fingerprint density at radius 2 is 2.03 bits per heavy atom. The molecule has 2 bridgehead atoms. The van der Waals surface area contributed by atoms with Crippen molar-refractivity contribution in [3.05, 3.63) is 24.3 Å². The standard InChI is InChI=1S/C21H26BrN3O5S/c1-23-18(27)14-15-20(29)25(8-3-9-26)17(21(15)10-13(22)16(14)31-21)19(28)24-11-4-6-12(30-2)7-5-11/h4-7,13-17,26H,3,8-10H2,1-2H3,(H,23,27)(H,24,28)/t13?,14-,15+,16-,17?,21?/m1/s1. The summed E-state index contributed by atoms with van der Waals surface area (Å²) < 4.78 is 4.48. The second-order valence-electron chi connectivity index (χ2n) is 8.10. The van der Waals surface area contributed by atoms with Gasteiger partial charge in [-0.2, -0.15) is 0 Å². The van der Waals surface area contributed by atoms with Gasteiger partial charge in [-0.15, -0.1) is 11.8 Å². The van der Waals surface area contributed by atoms with E-state index in [0.717, 1.165) is 0 Å². The van der Waals surface area contributed by atoms with E-state index in [2.05, 4.69) is 26.6 Å². The van der Waals surface area contributed by atoms with Gasteiger partial charge in [0.25, 0.3) is 0 Å². The third-order valence-corrected chi connectivity index (χ3v) is 9.72. The highest BCUT2D eigenvalue weighted by molar-refractivity contribution is 9.09. The average Bonchev–Trinajstić information content (AvgIpc) is 3.35. The summed E-state index contributed by atoms with van der Waals surface area (Å²) in [6.07, 6.45) is 1.000. The van der Waals surface area contributed by atoms with Crippen LogP contribution in [0.1, 0.15) is 12.8 Å². The molecule has 0 aliphatic carbocycles. The van der Waals surface area contributed by atoms with Crippen molar-refractivity contribution in [2.24, 2.45) is 11.8 Å². The molecule has 6 atom stereocenters. The fourth-order valence-corrected chi connectivity index (χ4v) is 8.88. The summed E-state index contributed by atoms with van der Waals surface area (Å²) in [4.78, 5) is 41.4. The lowest BCUT2D eigenvalue weighted by Gasteiger charge is -2.35. The number of nitrogens with zero attached hydrogens (tertiary/aromatic N) is 1. The van der Waals surface area contributed by atoms with Crippen LogP contribution >= 0.6 is 27.7 Å². The number of fused-ring (bicyclic) bond motifs is 1. The number of hydrogen-bond donors (Lipinski definition) is 3. The summed E-state index contributed by atoms with van der Waals surface area (Å²) in [6.45, 7) is 0.191.